The largest absolute Gasteiger partial charge is 0.490 e. The average molecular weight is 271 g/mol. The van der Waals surface area contributed by atoms with Gasteiger partial charge in [0.25, 0.3) is 0 Å². The van der Waals surface area contributed by atoms with Crippen LogP contribution >= 0.6 is 0 Å². The third-order valence-corrected chi connectivity index (χ3v) is 3.09. The van der Waals surface area contributed by atoms with Crippen molar-refractivity contribution in [3.63, 3.8) is 0 Å². The molecule has 0 saturated carbocycles. The summed E-state index contributed by atoms with van der Waals surface area (Å²) in [7, 11) is 0. The summed E-state index contributed by atoms with van der Waals surface area (Å²) in [5.41, 5.74) is 10.1. The van der Waals surface area contributed by atoms with Gasteiger partial charge in [-0.2, -0.15) is 0 Å². The number of hydrogen-bond donors (Lipinski definition) is 1. The number of nitrogen functional groups attached to an aromatic ring is 1. The molecule has 0 aliphatic rings. The zero-order valence-electron chi connectivity index (χ0n) is 12.3. The molecule has 20 heavy (non-hydrogen) atoms. The van der Waals surface area contributed by atoms with E-state index in [1.807, 2.05) is 44.2 Å². The van der Waals surface area contributed by atoms with Gasteiger partial charge in [0.2, 0.25) is 0 Å². The first-order valence-corrected chi connectivity index (χ1v) is 6.75. The van der Waals surface area contributed by atoms with Crippen molar-refractivity contribution in [3.8, 4) is 11.5 Å². The van der Waals surface area contributed by atoms with Gasteiger partial charge < -0.3 is 15.2 Å². The van der Waals surface area contributed by atoms with Crippen molar-refractivity contribution >= 4 is 5.69 Å². The summed E-state index contributed by atoms with van der Waals surface area (Å²) < 4.78 is 11.3. The van der Waals surface area contributed by atoms with Crippen LogP contribution in [-0.2, 0) is 0 Å². The van der Waals surface area contributed by atoms with Crippen LogP contribution in [0.4, 0.5) is 5.69 Å². The Balaban J connectivity index is 1.84. The summed E-state index contributed by atoms with van der Waals surface area (Å²) in [5, 5.41) is 0. The maximum Gasteiger partial charge on any atom is 0.142 e. The van der Waals surface area contributed by atoms with Gasteiger partial charge >= 0.3 is 0 Å². The molecule has 2 N–H and O–H groups in total. The van der Waals surface area contributed by atoms with Crippen molar-refractivity contribution in [3.05, 3.63) is 53.1 Å². The average Bonchev–Trinajstić information content (AvgIpc) is 2.39. The molecule has 0 heterocycles. The number of anilines is 1. The van der Waals surface area contributed by atoms with E-state index in [9.17, 15) is 0 Å². The Hall–Kier alpha value is -2.16. The molecule has 2 rings (SSSR count). The first-order chi connectivity index (χ1) is 9.56. The van der Waals surface area contributed by atoms with Crippen molar-refractivity contribution in [2.75, 3.05) is 18.9 Å². The van der Waals surface area contributed by atoms with Crippen LogP contribution in [-0.4, -0.2) is 13.2 Å². The zero-order chi connectivity index (χ0) is 14.5. The summed E-state index contributed by atoms with van der Waals surface area (Å²) in [5.74, 6) is 1.61. The number of benzene rings is 2. The SMILES string of the molecule is Cc1ccc(OCCOc2ccc(C)cc2N)c(C)c1. The van der Waals surface area contributed by atoms with E-state index in [-0.39, 0.29) is 0 Å². The monoisotopic (exact) mass is 271 g/mol. The lowest BCUT2D eigenvalue weighted by Crippen LogP contribution is -2.10. The molecular weight excluding hydrogens is 250 g/mol. The molecule has 0 aromatic heterocycles. The molecule has 3 nitrogen and oxygen atoms in total. The molecule has 0 spiro atoms. The molecule has 0 unspecified atom stereocenters. The topological polar surface area (TPSA) is 44.5 Å². The Labute approximate surface area is 120 Å². The van der Waals surface area contributed by atoms with E-state index in [1.54, 1.807) is 0 Å². The molecule has 0 radical (unpaired) electrons. The van der Waals surface area contributed by atoms with E-state index < -0.39 is 0 Å². The van der Waals surface area contributed by atoms with Gasteiger partial charge in [0.15, 0.2) is 0 Å². The third-order valence-electron chi connectivity index (χ3n) is 3.09. The molecule has 2 aromatic rings. The second-order valence-corrected chi connectivity index (χ2v) is 5.01. The van der Waals surface area contributed by atoms with Crippen molar-refractivity contribution in [2.45, 2.75) is 20.8 Å². The van der Waals surface area contributed by atoms with Crippen molar-refractivity contribution in [1.82, 2.24) is 0 Å². The van der Waals surface area contributed by atoms with Crippen molar-refractivity contribution < 1.29 is 9.47 Å². The van der Waals surface area contributed by atoms with Crippen LogP contribution in [0.5, 0.6) is 11.5 Å². The lowest BCUT2D eigenvalue weighted by molar-refractivity contribution is 0.217. The lowest BCUT2D eigenvalue weighted by atomic mass is 10.1. The fraction of sp³-hybridized carbons (Fsp3) is 0.294. The van der Waals surface area contributed by atoms with E-state index in [2.05, 4.69) is 13.0 Å². The van der Waals surface area contributed by atoms with Crippen LogP contribution in [0.3, 0.4) is 0 Å². The normalized spacial score (nSPS) is 10.3. The van der Waals surface area contributed by atoms with Gasteiger partial charge in [-0.05, 0) is 50.1 Å². The van der Waals surface area contributed by atoms with Gasteiger partial charge in [0.05, 0.1) is 5.69 Å². The summed E-state index contributed by atoms with van der Waals surface area (Å²) in [6.45, 7) is 7.09. The van der Waals surface area contributed by atoms with Crippen molar-refractivity contribution in [2.24, 2.45) is 0 Å². The molecule has 0 bridgehead atoms. The summed E-state index contributed by atoms with van der Waals surface area (Å²) in [6, 6.07) is 11.9. The van der Waals surface area contributed by atoms with Crippen LogP contribution in [0.1, 0.15) is 16.7 Å². The first kappa shape index (κ1) is 14.3. The van der Waals surface area contributed by atoms with Gasteiger partial charge in [-0.15, -0.1) is 0 Å². The second-order valence-electron chi connectivity index (χ2n) is 5.01. The van der Waals surface area contributed by atoms with E-state index in [1.165, 1.54) is 5.56 Å². The van der Waals surface area contributed by atoms with Crippen LogP contribution in [0.15, 0.2) is 36.4 Å². The summed E-state index contributed by atoms with van der Waals surface area (Å²) >= 11 is 0. The standard InChI is InChI=1S/C17H21NO2/c1-12-4-6-16(14(3)10-12)19-8-9-20-17-7-5-13(2)11-15(17)18/h4-7,10-11H,8-9,18H2,1-3H3. The van der Waals surface area contributed by atoms with Gasteiger partial charge in [0, 0.05) is 0 Å². The molecule has 0 aliphatic heterocycles. The van der Waals surface area contributed by atoms with Crippen LogP contribution in [0.2, 0.25) is 0 Å². The maximum atomic E-state index is 5.89. The predicted molar refractivity (Wildman–Crippen MR) is 82.5 cm³/mol. The van der Waals surface area contributed by atoms with E-state index in [4.69, 9.17) is 15.2 Å². The number of aryl methyl sites for hydroxylation is 3. The van der Waals surface area contributed by atoms with E-state index >= 15 is 0 Å². The van der Waals surface area contributed by atoms with E-state index in [0.717, 1.165) is 16.9 Å². The molecule has 0 aliphatic carbocycles. The molecule has 3 heteroatoms. The second kappa shape index (κ2) is 6.33. The lowest BCUT2D eigenvalue weighted by Gasteiger charge is -2.12. The number of ether oxygens (including phenoxy) is 2. The molecule has 0 saturated heterocycles. The minimum Gasteiger partial charge on any atom is -0.490 e. The minimum absolute atomic E-state index is 0.473. The highest BCUT2D eigenvalue weighted by molar-refractivity contribution is 5.54. The zero-order valence-corrected chi connectivity index (χ0v) is 12.3. The molecule has 0 amide bonds. The van der Waals surface area contributed by atoms with E-state index in [0.29, 0.717) is 24.7 Å². The van der Waals surface area contributed by atoms with Crippen molar-refractivity contribution in [1.29, 1.82) is 0 Å². The Morgan fingerprint density at radius 1 is 0.800 bits per heavy atom. The van der Waals surface area contributed by atoms with Gasteiger partial charge in [0.1, 0.15) is 24.7 Å². The Morgan fingerprint density at radius 3 is 1.95 bits per heavy atom. The maximum absolute atomic E-state index is 5.89. The predicted octanol–water partition coefficient (Wildman–Crippen LogP) is 3.65. The first-order valence-electron chi connectivity index (χ1n) is 6.75. The van der Waals surface area contributed by atoms with Gasteiger partial charge in [-0.3, -0.25) is 0 Å². The van der Waals surface area contributed by atoms with Crippen LogP contribution in [0.25, 0.3) is 0 Å². The highest BCUT2D eigenvalue weighted by Crippen LogP contribution is 2.22. The Morgan fingerprint density at radius 2 is 1.35 bits per heavy atom. The quantitative estimate of drug-likeness (QED) is 0.667. The Bertz CT molecular complexity index is 540. The number of rotatable bonds is 5. The number of hydrogen-bond acceptors (Lipinski definition) is 3. The fourth-order valence-corrected chi connectivity index (χ4v) is 2.06. The highest BCUT2D eigenvalue weighted by Gasteiger charge is 2.02. The molecule has 106 valence electrons. The van der Waals surface area contributed by atoms with Crippen LogP contribution < -0.4 is 15.2 Å². The minimum atomic E-state index is 0.473. The molecule has 0 fully saturated rings. The molecular formula is C17H21NO2. The fourth-order valence-electron chi connectivity index (χ4n) is 2.06. The Kier molecular flexibility index (Phi) is 4.51. The van der Waals surface area contributed by atoms with Crippen LogP contribution in [0, 0.1) is 20.8 Å². The summed E-state index contributed by atoms with van der Waals surface area (Å²) in [4.78, 5) is 0. The summed E-state index contributed by atoms with van der Waals surface area (Å²) in [6.07, 6.45) is 0. The third kappa shape index (κ3) is 3.67. The smallest absolute Gasteiger partial charge is 0.142 e. The van der Waals surface area contributed by atoms with Gasteiger partial charge in [-0.1, -0.05) is 23.8 Å². The molecule has 0 atom stereocenters. The highest BCUT2D eigenvalue weighted by atomic mass is 16.5. The van der Waals surface area contributed by atoms with Gasteiger partial charge in [-0.25, -0.2) is 0 Å². The molecule has 2 aromatic carbocycles. The number of nitrogens with two attached hydrogens (primary N) is 1.